The first-order chi connectivity index (χ1) is 7.15. The minimum Gasteiger partial charge on any atom is -0.393 e. The molecule has 1 amide bonds. The Morgan fingerprint density at radius 2 is 2.00 bits per heavy atom. The average molecular weight is 214 g/mol. The van der Waals surface area contributed by atoms with Crippen molar-refractivity contribution in [1.29, 1.82) is 0 Å². The highest BCUT2D eigenvalue weighted by molar-refractivity contribution is 5.82. The maximum atomic E-state index is 11.6. The molecule has 0 radical (unpaired) electrons. The number of β-amino-alcohol motifs (C(OH)–C–C–N with tert-alkyl or cyclic N) is 1. The van der Waals surface area contributed by atoms with Crippen LogP contribution in [0.5, 0.6) is 0 Å². The van der Waals surface area contributed by atoms with Crippen molar-refractivity contribution in [3.05, 3.63) is 0 Å². The third-order valence-corrected chi connectivity index (χ3v) is 3.20. The highest BCUT2D eigenvalue weighted by Gasteiger charge is 2.30. The largest absolute Gasteiger partial charge is 0.393 e. The fraction of sp³-hybridized carbons (Fsp3) is 0.900. The fourth-order valence-corrected chi connectivity index (χ4v) is 2.15. The summed E-state index contributed by atoms with van der Waals surface area (Å²) in [6, 6.07) is -0.245. The van der Waals surface area contributed by atoms with Crippen molar-refractivity contribution in [3.63, 3.8) is 0 Å². The van der Waals surface area contributed by atoms with Crippen LogP contribution in [-0.4, -0.2) is 47.5 Å². The van der Waals surface area contributed by atoms with E-state index in [0.717, 1.165) is 12.8 Å². The second kappa shape index (κ2) is 4.47. The number of aliphatic hydroxyl groups is 2. The number of rotatable bonds is 3. The third-order valence-electron chi connectivity index (χ3n) is 3.20. The molecule has 15 heavy (non-hydrogen) atoms. The molecule has 2 unspecified atom stereocenters. The Morgan fingerprint density at radius 1 is 1.27 bits per heavy atom. The van der Waals surface area contributed by atoms with Gasteiger partial charge in [0.15, 0.2) is 0 Å². The Hall–Kier alpha value is -0.650. The fourth-order valence-electron chi connectivity index (χ4n) is 2.15. The zero-order valence-electron chi connectivity index (χ0n) is 8.65. The molecule has 1 aliphatic heterocycles. The van der Waals surface area contributed by atoms with Gasteiger partial charge in [-0.25, -0.2) is 0 Å². The van der Waals surface area contributed by atoms with Gasteiger partial charge in [-0.3, -0.25) is 4.79 Å². The smallest absolute Gasteiger partial charge is 0.237 e. The molecule has 1 saturated carbocycles. The first kappa shape index (κ1) is 10.9. The van der Waals surface area contributed by atoms with Gasteiger partial charge in [-0.1, -0.05) is 0 Å². The van der Waals surface area contributed by atoms with Crippen molar-refractivity contribution in [1.82, 2.24) is 10.6 Å². The summed E-state index contributed by atoms with van der Waals surface area (Å²) in [7, 11) is 0. The summed E-state index contributed by atoms with van der Waals surface area (Å²) in [4.78, 5) is 11.6. The van der Waals surface area contributed by atoms with E-state index in [1.165, 1.54) is 0 Å². The Kier molecular flexibility index (Phi) is 3.23. The average Bonchev–Trinajstić information content (AvgIpc) is 2.57. The van der Waals surface area contributed by atoms with Crippen LogP contribution >= 0.6 is 0 Å². The summed E-state index contributed by atoms with van der Waals surface area (Å²) in [6.45, 7) is 1.14. The molecule has 1 aliphatic carbocycles. The summed E-state index contributed by atoms with van der Waals surface area (Å²) in [5.74, 6) is 0.392. The lowest BCUT2D eigenvalue weighted by molar-refractivity contribution is -0.123. The second-order valence-corrected chi connectivity index (χ2v) is 4.59. The van der Waals surface area contributed by atoms with Crippen molar-refractivity contribution >= 4 is 5.91 Å². The quantitative estimate of drug-likeness (QED) is 0.465. The van der Waals surface area contributed by atoms with E-state index in [1.54, 1.807) is 0 Å². The normalized spacial score (nSPS) is 39.9. The Bertz CT molecular complexity index is 241. The number of hydrogen-bond acceptors (Lipinski definition) is 4. The first-order valence-corrected chi connectivity index (χ1v) is 5.52. The molecule has 2 fully saturated rings. The zero-order chi connectivity index (χ0) is 10.8. The van der Waals surface area contributed by atoms with Gasteiger partial charge in [0.05, 0.1) is 18.2 Å². The van der Waals surface area contributed by atoms with Crippen LogP contribution in [0.25, 0.3) is 0 Å². The van der Waals surface area contributed by atoms with E-state index in [4.69, 9.17) is 5.11 Å². The minimum absolute atomic E-state index is 0.0343. The predicted octanol–water partition coefficient (Wildman–Crippen LogP) is -1.40. The molecule has 86 valence electrons. The van der Waals surface area contributed by atoms with Gasteiger partial charge in [0.1, 0.15) is 0 Å². The van der Waals surface area contributed by atoms with Crippen LogP contribution in [0, 0.1) is 5.92 Å². The summed E-state index contributed by atoms with van der Waals surface area (Å²) < 4.78 is 0. The molecule has 2 aliphatic rings. The van der Waals surface area contributed by atoms with Gasteiger partial charge in [0.25, 0.3) is 0 Å². The molecule has 0 aromatic heterocycles. The Morgan fingerprint density at radius 3 is 2.53 bits per heavy atom. The van der Waals surface area contributed by atoms with Crippen molar-refractivity contribution in [2.75, 3.05) is 13.1 Å². The standard InChI is InChI=1S/C10H18N2O3/c13-7-1-6(2-7)4-12-10(15)9-3-8(14)5-11-9/h6-9,11,13-14H,1-5H2,(H,12,15). The second-order valence-electron chi connectivity index (χ2n) is 4.59. The topological polar surface area (TPSA) is 81.6 Å². The van der Waals surface area contributed by atoms with Crippen LogP contribution in [-0.2, 0) is 4.79 Å². The third kappa shape index (κ3) is 2.68. The van der Waals surface area contributed by atoms with Crippen molar-refractivity contribution < 1.29 is 15.0 Å². The minimum atomic E-state index is -0.397. The van der Waals surface area contributed by atoms with Crippen LogP contribution in [0.1, 0.15) is 19.3 Å². The first-order valence-electron chi connectivity index (χ1n) is 5.52. The van der Waals surface area contributed by atoms with Crippen molar-refractivity contribution in [3.8, 4) is 0 Å². The van der Waals surface area contributed by atoms with Gasteiger partial charge in [0.2, 0.25) is 5.91 Å². The number of carbonyl (C=O) groups is 1. The molecular formula is C10H18N2O3. The molecule has 0 bridgehead atoms. The van der Waals surface area contributed by atoms with Crippen molar-refractivity contribution in [2.45, 2.75) is 37.5 Å². The monoisotopic (exact) mass is 214 g/mol. The highest BCUT2D eigenvalue weighted by Crippen LogP contribution is 2.26. The molecule has 1 heterocycles. The van der Waals surface area contributed by atoms with Crippen LogP contribution in [0.4, 0.5) is 0 Å². The summed E-state index contributed by atoms with van der Waals surface area (Å²) in [6.07, 6.45) is 1.52. The maximum absolute atomic E-state index is 11.6. The number of nitrogens with one attached hydrogen (secondary N) is 2. The molecule has 0 spiro atoms. The van der Waals surface area contributed by atoms with Gasteiger partial charge in [-0.15, -0.1) is 0 Å². The predicted molar refractivity (Wildman–Crippen MR) is 54.2 cm³/mol. The zero-order valence-corrected chi connectivity index (χ0v) is 8.65. The van der Waals surface area contributed by atoms with Crippen LogP contribution in [0.3, 0.4) is 0 Å². The Balaban J connectivity index is 1.64. The molecule has 1 saturated heterocycles. The van der Waals surface area contributed by atoms with Gasteiger partial charge < -0.3 is 20.8 Å². The van der Waals surface area contributed by atoms with E-state index in [0.29, 0.717) is 25.4 Å². The van der Waals surface area contributed by atoms with E-state index < -0.39 is 6.10 Å². The number of carbonyl (C=O) groups excluding carboxylic acids is 1. The van der Waals surface area contributed by atoms with Gasteiger partial charge >= 0.3 is 0 Å². The Labute approximate surface area is 88.9 Å². The van der Waals surface area contributed by atoms with E-state index >= 15 is 0 Å². The summed E-state index contributed by atoms with van der Waals surface area (Å²) in [5.41, 5.74) is 0. The lowest BCUT2D eigenvalue weighted by Gasteiger charge is -2.31. The van der Waals surface area contributed by atoms with Gasteiger partial charge in [0, 0.05) is 13.1 Å². The maximum Gasteiger partial charge on any atom is 0.237 e. The van der Waals surface area contributed by atoms with Crippen LogP contribution in [0.15, 0.2) is 0 Å². The highest BCUT2D eigenvalue weighted by atomic mass is 16.3. The number of amides is 1. The molecule has 5 heteroatoms. The van der Waals surface area contributed by atoms with E-state index in [1.807, 2.05) is 0 Å². The van der Waals surface area contributed by atoms with Gasteiger partial charge in [-0.2, -0.15) is 0 Å². The van der Waals surface area contributed by atoms with E-state index in [2.05, 4.69) is 10.6 Å². The van der Waals surface area contributed by atoms with Crippen LogP contribution in [0.2, 0.25) is 0 Å². The van der Waals surface area contributed by atoms with Gasteiger partial charge in [-0.05, 0) is 25.2 Å². The molecular weight excluding hydrogens is 196 g/mol. The summed E-state index contributed by atoms with van der Waals surface area (Å²) in [5, 5.41) is 24.1. The molecule has 4 N–H and O–H groups in total. The van der Waals surface area contributed by atoms with E-state index in [9.17, 15) is 9.90 Å². The lowest BCUT2D eigenvalue weighted by Crippen LogP contribution is -2.45. The summed E-state index contributed by atoms with van der Waals surface area (Å²) >= 11 is 0. The SMILES string of the molecule is O=C(NCC1CC(O)C1)C1CC(O)CN1. The number of aliphatic hydroxyl groups excluding tert-OH is 2. The van der Waals surface area contributed by atoms with Crippen LogP contribution < -0.4 is 10.6 Å². The molecule has 5 nitrogen and oxygen atoms in total. The molecule has 0 aromatic carbocycles. The molecule has 0 aromatic rings. The lowest BCUT2D eigenvalue weighted by atomic mass is 9.82. The molecule has 2 atom stereocenters. The number of hydrogen-bond donors (Lipinski definition) is 4. The van der Waals surface area contributed by atoms with Crippen molar-refractivity contribution in [2.24, 2.45) is 5.92 Å². The molecule has 2 rings (SSSR count). The van der Waals surface area contributed by atoms with E-state index in [-0.39, 0.29) is 18.1 Å².